The van der Waals surface area contributed by atoms with E-state index in [4.69, 9.17) is 5.11 Å². The second-order valence-electron chi connectivity index (χ2n) is 5.02. The molecule has 0 saturated heterocycles. The third-order valence-electron chi connectivity index (χ3n) is 3.30. The fourth-order valence-corrected chi connectivity index (χ4v) is 2.14. The molecular formula is C14H18N4O3. The van der Waals surface area contributed by atoms with E-state index in [1.807, 2.05) is 24.5 Å². The van der Waals surface area contributed by atoms with Crippen molar-refractivity contribution in [3.63, 3.8) is 0 Å². The molecule has 1 unspecified atom stereocenters. The molecule has 0 radical (unpaired) electrons. The summed E-state index contributed by atoms with van der Waals surface area (Å²) in [5.41, 5.74) is 0.439. The summed E-state index contributed by atoms with van der Waals surface area (Å²) in [5.74, 6) is -1.14. The lowest BCUT2D eigenvalue weighted by atomic mass is 10.1. The molecule has 2 aromatic heterocycles. The average molecular weight is 290 g/mol. The highest BCUT2D eigenvalue weighted by atomic mass is 16.4. The van der Waals surface area contributed by atoms with Crippen molar-refractivity contribution >= 4 is 11.9 Å². The van der Waals surface area contributed by atoms with E-state index in [-0.39, 0.29) is 12.5 Å². The number of carbonyl (C=O) groups is 2. The van der Waals surface area contributed by atoms with Gasteiger partial charge in [0.1, 0.15) is 11.4 Å². The molecule has 2 heterocycles. The van der Waals surface area contributed by atoms with Gasteiger partial charge < -0.3 is 14.6 Å². The van der Waals surface area contributed by atoms with Crippen LogP contribution in [0, 0.1) is 5.92 Å². The molecule has 0 spiro atoms. The van der Waals surface area contributed by atoms with Gasteiger partial charge in [-0.2, -0.15) is 5.10 Å². The maximum atomic E-state index is 12.5. The second kappa shape index (κ2) is 5.82. The van der Waals surface area contributed by atoms with Crippen LogP contribution in [0.3, 0.4) is 0 Å². The number of amides is 1. The van der Waals surface area contributed by atoms with Gasteiger partial charge in [-0.05, 0) is 12.1 Å². The monoisotopic (exact) mass is 290 g/mol. The molecule has 0 aliphatic heterocycles. The quantitative estimate of drug-likeness (QED) is 0.891. The zero-order valence-corrected chi connectivity index (χ0v) is 12.2. The van der Waals surface area contributed by atoms with Crippen LogP contribution in [0.25, 0.3) is 5.82 Å². The molecule has 112 valence electrons. The highest BCUT2D eigenvalue weighted by molar-refractivity contribution is 5.97. The van der Waals surface area contributed by atoms with Gasteiger partial charge in [-0.1, -0.05) is 6.92 Å². The summed E-state index contributed by atoms with van der Waals surface area (Å²) >= 11 is 0. The molecule has 0 saturated carbocycles. The van der Waals surface area contributed by atoms with Crippen molar-refractivity contribution in [1.29, 1.82) is 0 Å². The van der Waals surface area contributed by atoms with Crippen molar-refractivity contribution < 1.29 is 14.7 Å². The highest BCUT2D eigenvalue weighted by Gasteiger charge is 2.23. The maximum Gasteiger partial charge on any atom is 0.308 e. The Morgan fingerprint density at radius 3 is 2.57 bits per heavy atom. The lowest BCUT2D eigenvalue weighted by molar-refractivity contribution is -0.141. The summed E-state index contributed by atoms with van der Waals surface area (Å²) in [6, 6.07) is 3.72. The maximum absolute atomic E-state index is 12.5. The molecule has 0 aliphatic rings. The van der Waals surface area contributed by atoms with E-state index < -0.39 is 11.9 Å². The molecule has 0 bridgehead atoms. The van der Waals surface area contributed by atoms with Crippen LogP contribution in [0.5, 0.6) is 0 Å². The lowest BCUT2D eigenvalue weighted by Crippen LogP contribution is -2.34. The van der Waals surface area contributed by atoms with Gasteiger partial charge in [0, 0.05) is 33.0 Å². The summed E-state index contributed by atoms with van der Waals surface area (Å²) < 4.78 is 3.41. The van der Waals surface area contributed by atoms with E-state index in [1.54, 1.807) is 30.3 Å². The molecule has 2 rings (SSSR count). The van der Waals surface area contributed by atoms with Crippen LogP contribution >= 0.6 is 0 Å². The number of aromatic nitrogens is 3. The number of hydrogen-bond acceptors (Lipinski definition) is 3. The Hall–Kier alpha value is -2.57. The summed E-state index contributed by atoms with van der Waals surface area (Å²) in [4.78, 5) is 24.8. The fourth-order valence-electron chi connectivity index (χ4n) is 2.14. The Bertz CT molecular complexity index is 645. The van der Waals surface area contributed by atoms with Crippen LogP contribution in [0.2, 0.25) is 0 Å². The van der Waals surface area contributed by atoms with Crippen LogP contribution in [0.4, 0.5) is 0 Å². The second-order valence-corrected chi connectivity index (χ2v) is 5.02. The van der Waals surface area contributed by atoms with Crippen molar-refractivity contribution in [2.75, 3.05) is 13.6 Å². The van der Waals surface area contributed by atoms with E-state index in [0.717, 1.165) is 0 Å². The summed E-state index contributed by atoms with van der Waals surface area (Å²) in [5, 5.41) is 13.1. The van der Waals surface area contributed by atoms with Gasteiger partial charge in [-0.15, -0.1) is 0 Å². The minimum absolute atomic E-state index is 0.147. The average Bonchev–Trinajstić information content (AvgIpc) is 3.06. The Kier molecular flexibility index (Phi) is 4.11. The summed E-state index contributed by atoms with van der Waals surface area (Å²) in [6.45, 7) is 1.72. The Morgan fingerprint density at radius 2 is 2.00 bits per heavy atom. The number of carboxylic acid groups (broad SMARTS) is 1. The van der Waals surface area contributed by atoms with Crippen LogP contribution in [-0.4, -0.2) is 49.8 Å². The number of carboxylic acids is 1. The first kappa shape index (κ1) is 14.8. The molecule has 0 fully saturated rings. The largest absolute Gasteiger partial charge is 0.481 e. The van der Waals surface area contributed by atoms with Crippen molar-refractivity contribution in [3.05, 3.63) is 36.3 Å². The third-order valence-corrected chi connectivity index (χ3v) is 3.30. The lowest BCUT2D eigenvalue weighted by Gasteiger charge is -2.19. The molecule has 7 nitrogen and oxygen atoms in total. The first-order valence-corrected chi connectivity index (χ1v) is 6.55. The third kappa shape index (κ3) is 2.96. The van der Waals surface area contributed by atoms with E-state index in [0.29, 0.717) is 11.4 Å². The molecule has 1 atom stereocenters. The smallest absolute Gasteiger partial charge is 0.308 e. The van der Waals surface area contributed by atoms with Crippen LogP contribution in [-0.2, 0) is 11.8 Å². The van der Waals surface area contributed by atoms with Crippen LogP contribution < -0.4 is 0 Å². The topological polar surface area (TPSA) is 80.4 Å². The Morgan fingerprint density at radius 1 is 1.38 bits per heavy atom. The van der Waals surface area contributed by atoms with E-state index in [2.05, 4.69) is 5.10 Å². The number of hydrogen-bond donors (Lipinski definition) is 1. The standard InChI is InChI=1S/C14H18N4O3/c1-10(14(20)21)9-16(2)13(19)11-8-15-17(3)12(11)18-6-4-5-7-18/h4-8,10H,9H2,1-3H3,(H,20,21). The number of aliphatic carboxylic acids is 1. The molecule has 0 aliphatic carbocycles. The van der Waals surface area contributed by atoms with Gasteiger partial charge in [0.15, 0.2) is 0 Å². The fraction of sp³-hybridized carbons (Fsp3) is 0.357. The van der Waals surface area contributed by atoms with Gasteiger partial charge >= 0.3 is 5.97 Å². The normalized spacial score (nSPS) is 12.1. The minimum atomic E-state index is -0.925. The first-order valence-electron chi connectivity index (χ1n) is 6.55. The SMILES string of the molecule is CC(CN(C)C(=O)c1cnn(C)c1-n1cccc1)C(=O)O. The summed E-state index contributed by atoms with van der Waals surface area (Å²) in [7, 11) is 3.35. The molecule has 21 heavy (non-hydrogen) atoms. The Labute approximate surface area is 122 Å². The van der Waals surface area contributed by atoms with Gasteiger partial charge in [-0.3, -0.25) is 14.3 Å². The molecule has 2 aromatic rings. The van der Waals surface area contributed by atoms with Crippen molar-refractivity contribution in [3.8, 4) is 5.82 Å². The van der Waals surface area contributed by atoms with Crippen LogP contribution in [0.1, 0.15) is 17.3 Å². The van der Waals surface area contributed by atoms with Gasteiger partial charge in [-0.25, -0.2) is 0 Å². The van der Waals surface area contributed by atoms with E-state index >= 15 is 0 Å². The number of nitrogens with zero attached hydrogens (tertiary/aromatic N) is 4. The molecule has 0 aromatic carbocycles. The first-order chi connectivity index (χ1) is 9.91. The predicted octanol–water partition coefficient (Wildman–Crippen LogP) is 1.00. The van der Waals surface area contributed by atoms with E-state index in [9.17, 15) is 9.59 Å². The number of rotatable bonds is 5. The minimum Gasteiger partial charge on any atom is -0.481 e. The molecule has 7 heteroatoms. The van der Waals surface area contributed by atoms with Crippen molar-refractivity contribution in [2.24, 2.45) is 13.0 Å². The van der Waals surface area contributed by atoms with Gasteiger partial charge in [0.05, 0.1) is 12.1 Å². The van der Waals surface area contributed by atoms with Gasteiger partial charge in [0.25, 0.3) is 5.91 Å². The number of carbonyl (C=O) groups excluding carboxylic acids is 1. The van der Waals surface area contributed by atoms with E-state index in [1.165, 1.54) is 11.1 Å². The van der Waals surface area contributed by atoms with Crippen molar-refractivity contribution in [2.45, 2.75) is 6.92 Å². The Balaban J connectivity index is 2.26. The number of aryl methyl sites for hydroxylation is 1. The summed E-state index contributed by atoms with van der Waals surface area (Å²) in [6.07, 6.45) is 5.15. The molecular weight excluding hydrogens is 272 g/mol. The van der Waals surface area contributed by atoms with Gasteiger partial charge in [0.2, 0.25) is 0 Å². The molecule has 1 amide bonds. The van der Waals surface area contributed by atoms with Crippen molar-refractivity contribution in [1.82, 2.24) is 19.2 Å². The zero-order valence-electron chi connectivity index (χ0n) is 12.2. The highest BCUT2D eigenvalue weighted by Crippen LogP contribution is 2.16. The zero-order chi connectivity index (χ0) is 15.6. The predicted molar refractivity (Wildman–Crippen MR) is 76.3 cm³/mol. The molecule has 1 N–H and O–H groups in total. The van der Waals surface area contributed by atoms with Crippen LogP contribution in [0.15, 0.2) is 30.7 Å².